The minimum absolute atomic E-state index is 0.0295. The lowest BCUT2D eigenvalue weighted by atomic mass is 9.93. The second-order valence-corrected chi connectivity index (χ2v) is 4.26. The minimum Gasteiger partial charge on any atom is -0.204 e. The summed E-state index contributed by atoms with van der Waals surface area (Å²) >= 11 is 0. The van der Waals surface area contributed by atoms with Crippen molar-refractivity contribution in [3.63, 3.8) is 0 Å². The van der Waals surface area contributed by atoms with Gasteiger partial charge < -0.3 is 0 Å². The molecular formula is C13H20F2. The summed E-state index contributed by atoms with van der Waals surface area (Å²) in [6.45, 7) is 12.8. The largest absolute Gasteiger partial charge is 0.204 e. The molecule has 0 aliphatic rings. The molecule has 0 rings (SSSR count). The molecule has 0 aromatic carbocycles. The number of hydrogen-bond donors (Lipinski definition) is 0. The Labute approximate surface area is 91.4 Å². The zero-order valence-electron chi connectivity index (χ0n) is 9.82. The molecule has 0 aliphatic heterocycles. The van der Waals surface area contributed by atoms with E-state index in [2.05, 4.69) is 27.0 Å². The van der Waals surface area contributed by atoms with Gasteiger partial charge in [-0.3, -0.25) is 0 Å². The Morgan fingerprint density at radius 3 is 2.13 bits per heavy atom. The number of halogens is 2. The Morgan fingerprint density at radius 1 is 1.20 bits per heavy atom. The predicted octanol–water partition coefficient (Wildman–Crippen LogP) is 4.95. The fourth-order valence-electron chi connectivity index (χ4n) is 1.22. The van der Waals surface area contributed by atoms with Crippen LogP contribution >= 0.6 is 0 Å². The van der Waals surface area contributed by atoms with Crippen LogP contribution in [0.3, 0.4) is 0 Å². The van der Waals surface area contributed by atoms with Crippen LogP contribution in [0.2, 0.25) is 0 Å². The van der Waals surface area contributed by atoms with E-state index in [1.54, 1.807) is 0 Å². The van der Waals surface area contributed by atoms with E-state index in [4.69, 9.17) is 0 Å². The highest BCUT2D eigenvalue weighted by molar-refractivity contribution is 5.30. The summed E-state index contributed by atoms with van der Waals surface area (Å²) in [5.74, 6) is -1.24. The van der Waals surface area contributed by atoms with Crippen molar-refractivity contribution in [3.05, 3.63) is 36.5 Å². The van der Waals surface area contributed by atoms with E-state index >= 15 is 0 Å². The summed E-state index contributed by atoms with van der Waals surface area (Å²) in [5, 5.41) is 0. The average Bonchev–Trinajstić information content (AvgIpc) is 2.22. The van der Waals surface area contributed by atoms with Gasteiger partial charge in [-0.25, -0.2) is 8.78 Å². The summed E-state index contributed by atoms with van der Waals surface area (Å²) in [6.07, 6.45) is 2.69. The van der Waals surface area contributed by atoms with Crippen molar-refractivity contribution < 1.29 is 8.78 Å². The van der Waals surface area contributed by atoms with E-state index in [9.17, 15) is 8.78 Å². The van der Waals surface area contributed by atoms with E-state index < -0.39 is 11.7 Å². The van der Waals surface area contributed by atoms with Crippen LogP contribution in [0, 0.1) is 11.8 Å². The molecule has 0 fully saturated rings. The van der Waals surface area contributed by atoms with Gasteiger partial charge in [0, 0.05) is 0 Å². The molecule has 0 N–H and O–H groups in total. The molecule has 15 heavy (non-hydrogen) atoms. The maximum Gasteiger partial charge on any atom is 0.161 e. The molecule has 86 valence electrons. The highest BCUT2D eigenvalue weighted by Gasteiger charge is 2.14. The SMILES string of the molecule is C=C/C(F)=C(/F)C(=C)C(C)CCC(C)C. The first-order chi connectivity index (χ1) is 6.90. The van der Waals surface area contributed by atoms with Gasteiger partial charge >= 0.3 is 0 Å². The summed E-state index contributed by atoms with van der Waals surface area (Å²) in [5.41, 5.74) is 0.230. The van der Waals surface area contributed by atoms with E-state index in [1.807, 2.05) is 6.92 Å². The zero-order chi connectivity index (χ0) is 12.0. The molecule has 2 heteroatoms. The molecule has 0 spiro atoms. The molecule has 0 aromatic heterocycles. The van der Waals surface area contributed by atoms with E-state index in [0.29, 0.717) is 5.92 Å². The third-order valence-corrected chi connectivity index (χ3v) is 2.44. The van der Waals surface area contributed by atoms with Crippen molar-refractivity contribution in [2.75, 3.05) is 0 Å². The lowest BCUT2D eigenvalue weighted by molar-refractivity contribution is 0.469. The monoisotopic (exact) mass is 214 g/mol. The van der Waals surface area contributed by atoms with Gasteiger partial charge in [-0.05, 0) is 29.9 Å². The first-order valence-electron chi connectivity index (χ1n) is 5.27. The Hall–Kier alpha value is -0.920. The van der Waals surface area contributed by atoms with Crippen molar-refractivity contribution >= 4 is 0 Å². The molecule has 0 aromatic rings. The lowest BCUT2D eigenvalue weighted by Gasteiger charge is -2.14. The number of hydrogen-bond acceptors (Lipinski definition) is 0. The Bertz CT molecular complexity index is 262. The molecule has 0 saturated carbocycles. The van der Waals surface area contributed by atoms with Crippen LogP contribution in [0.1, 0.15) is 33.6 Å². The summed E-state index contributed by atoms with van der Waals surface area (Å²) in [6, 6.07) is 0. The van der Waals surface area contributed by atoms with Crippen molar-refractivity contribution in [2.45, 2.75) is 33.6 Å². The van der Waals surface area contributed by atoms with Crippen LogP contribution in [-0.4, -0.2) is 0 Å². The zero-order valence-corrected chi connectivity index (χ0v) is 9.82. The van der Waals surface area contributed by atoms with Gasteiger partial charge in [0.1, 0.15) is 0 Å². The normalized spacial score (nSPS) is 14.8. The Kier molecular flexibility index (Phi) is 6.14. The van der Waals surface area contributed by atoms with Crippen LogP contribution in [-0.2, 0) is 0 Å². The third-order valence-electron chi connectivity index (χ3n) is 2.44. The van der Waals surface area contributed by atoms with Crippen molar-refractivity contribution in [3.8, 4) is 0 Å². The first-order valence-corrected chi connectivity index (χ1v) is 5.27. The highest BCUT2D eigenvalue weighted by Crippen LogP contribution is 2.27. The molecule has 0 heterocycles. The van der Waals surface area contributed by atoms with Gasteiger partial charge in [0.25, 0.3) is 0 Å². The number of allylic oxidation sites excluding steroid dienone is 4. The lowest BCUT2D eigenvalue weighted by Crippen LogP contribution is -2.02. The molecule has 0 nitrogen and oxygen atoms in total. The quantitative estimate of drug-likeness (QED) is 0.549. The van der Waals surface area contributed by atoms with Crippen LogP contribution < -0.4 is 0 Å². The molecular weight excluding hydrogens is 194 g/mol. The summed E-state index contributed by atoms with van der Waals surface area (Å²) in [7, 11) is 0. The van der Waals surface area contributed by atoms with E-state index in [-0.39, 0.29) is 11.5 Å². The molecule has 1 unspecified atom stereocenters. The van der Waals surface area contributed by atoms with Crippen molar-refractivity contribution in [1.82, 2.24) is 0 Å². The summed E-state index contributed by atoms with van der Waals surface area (Å²) in [4.78, 5) is 0. The smallest absolute Gasteiger partial charge is 0.161 e. The van der Waals surface area contributed by atoms with Gasteiger partial charge in [0.05, 0.1) is 0 Å². The topological polar surface area (TPSA) is 0 Å². The second kappa shape index (κ2) is 6.54. The molecule has 0 aliphatic carbocycles. The van der Waals surface area contributed by atoms with Crippen molar-refractivity contribution in [1.29, 1.82) is 0 Å². The second-order valence-electron chi connectivity index (χ2n) is 4.26. The molecule has 0 saturated heterocycles. The van der Waals surface area contributed by atoms with Gasteiger partial charge in [-0.15, -0.1) is 0 Å². The van der Waals surface area contributed by atoms with E-state index in [1.165, 1.54) is 0 Å². The van der Waals surface area contributed by atoms with Gasteiger partial charge in [-0.1, -0.05) is 40.3 Å². The van der Waals surface area contributed by atoms with Crippen LogP contribution in [0.5, 0.6) is 0 Å². The fraction of sp³-hybridized carbons (Fsp3) is 0.538. The minimum atomic E-state index is -0.920. The maximum atomic E-state index is 13.3. The average molecular weight is 214 g/mol. The maximum absolute atomic E-state index is 13.3. The molecule has 0 bridgehead atoms. The third kappa shape index (κ3) is 4.91. The van der Waals surface area contributed by atoms with E-state index in [0.717, 1.165) is 18.9 Å². The van der Waals surface area contributed by atoms with Gasteiger partial charge in [-0.2, -0.15) is 0 Å². The Balaban J connectivity index is 4.39. The fourth-order valence-corrected chi connectivity index (χ4v) is 1.22. The molecule has 0 amide bonds. The predicted molar refractivity (Wildman–Crippen MR) is 61.8 cm³/mol. The molecule has 1 atom stereocenters. The van der Waals surface area contributed by atoms with Crippen LogP contribution in [0.25, 0.3) is 0 Å². The standard InChI is InChI=1S/C13H20F2/c1-6-12(14)13(15)11(5)10(4)8-7-9(2)3/h6,9-10H,1,5,7-8H2,2-4H3/b13-12-. The number of rotatable bonds is 6. The van der Waals surface area contributed by atoms with Crippen LogP contribution in [0.15, 0.2) is 36.5 Å². The van der Waals surface area contributed by atoms with Crippen molar-refractivity contribution in [2.24, 2.45) is 11.8 Å². The molecule has 0 radical (unpaired) electrons. The first kappa shape index (κ1) is 14.1. The van der Waals surface area contributed by atoms with Gasteiger partial charge in [0.15, 0.2) is 11.7 Å². The summed E-state index contributed by atoms with van der Waals surface area (Å²) < 4.78 is 26.2. The van der Waals surface area contributed by atoms with Gasteiger partial charge in [0.2, 0.25) is 0 Å². The highest BCUT2D eigenvalue weighted by atomic mass is 19.2. The Morgan fingerprint density at radius 2 is 1.73 bits per heavy atom. The van der Waals surface area contributed by atoms with Crippen LogP contribution in [0.4, 0.5) is 8.78 Å².